The summed E-state index contributed by atoms with van der Waals surface area (Å²) < 4.78 is 0. The Kier molecular flexibility index (Phi) is 18.5. The Morgan fingerprint density at radius 1 is 0.583 bits per heavy atom. The molecule has 140 valence electrons. The molecule has 0 aromatic carbocycles. The van der Waals surface area contributed by atoms with Crippen LogP contribution in [0.1, 0.15) is 117 Å². The Hall–Kier alpha value is -0.440. The molecule has 2 unspecified atom stereocenters. The second-order valence-electron chi connectivity index (χ2n) is 7.63. The first kappa shape index (κ1) is 23.6. The summed E-state index contributed by atoms with van der Waals surface area (Å²) in [5.74, 6) is 8.04. The topological polar surface area (TPSA) is 0 Å². The van der Waals surface area contributed by atoms with Crippen LogP contribution in [0.4, 0.5) is 0 Å². The normalized spacial score (nSPS) is 13.3. The second kappa shape index (κ2) is 18.9. The summed E-state index contributed by atoms with van der Waals surface area (Å²) in [4.78, 5) is 0. The van der Waals surface area contributed by atoms with Crippen molar-refractivity contribution in [1.82, 2.24) is 0 Å². The van der Waals surface area contributed by atoms with Crippen molar-refractivity contribution in [2.75, 3.05) is 0 Å². The third kappa shape index (κ3) is 16.4. The summed E-state index contributed by atoms with van der Waals surface area (Å²) in [5.41, 5.74) is 0. The van der Waals surface area contributed by atoms with Crippen LogP contribution in [-0.2, 0) is 0 Å². The van der Waals surface area contributed by atoms with Gasteiger partial charge < -0.3 is 0 Å². The van der Waals surface area contributed by atoms with Gasteiger partial charge in [-0.15, -0.1) is 11.8 Å². The minimum atomic E-state index is 0.757. The fourth-order valence-electron chi connectivity index (χ4n) is 3.31. The molecule has 0 N–H and O–H groups in total. The monoisotopic (exact) mass is 332 g/mol. The first-order valence-electron chi connectivity index (χ1n) is 10.8. The zero-order chi connectivity index (χ0) is 17.9. The van der Waals surface area contributed by atoms with E-state index < -0.39 is 0 Å². The highest BCUT2D eigenvalue weighted by atomic mass is 14.2. The fourth-order valence-corrected chi connectivity index (χ4v) is 3.31. The third-order valence-electron chi connectivity index (χ3n) is 5.34. The smallest absolute Gasteiger partial charge is 0.00890 e. The van der Waals surface area contributed by atoms with Crippen molar-refractivity contribution in [3.05, 3.63) is 13.8 Å². The summed E-state index contributed by atoms with van der Waals surface area (Å²) in [7, 11) is 0. The fraction of sp³-hybridized carbons (Fsp3) is 0.833. The van der Waals surface area contributed by atoms with E-state index in [-0.39, 0.29) is 0 Å². The first-order valence-corrected chi connectivity index (χ1v) is 10.8. The molecule has 0 rings (SSSR count). The van der Waals surface area contributed by atoms with Crippen LogP contribution in [0.25, 0.3) is 0 Å². The molecule has 2 atom stereocenters. The van der Waals surface area contributed by atoms with Crippen LogP contribution in [-0.4, -0.2) is 0 Å². The van der Waals surface area contributed by atoms with Gasteiger partial charge in [-0.1, -0.05) is 104 Å². The predicted molar refractivity (Wildman–Crippen MR) is 111 cm³/mol. The van der Waals surface area contributed by atoms with Gasteiger partial charge in [0.2, 0.25) is 0 Å². The molecule has 0 saturated heterocycles. The Balaban J connectivity index is 3.36. The molecule has 0 fully saturated rings. The minimum absolute atomic E-state index is 0.757. The van der Waals surface area contributed by atoms with Gasteiger partial charge in [0.1, 0.15) is 0 Å². The van der Waals surface area contributed by atoms with Gasteiger partial charge in [0, 0.05) is 12.8 Å². The van der Waals surface area contributed by atoms with Crippen LogP contribution in [0.3, 0.4) is 0 Å². The quantitative estimate of drug-likeness (QED) is 0.197. The van der Waals surface area contributed by atoms with Crippen molar-refractivity contribution >= 4 is 0 Å². The zero-order valence-corrected chi connectivity index (χ0v) is 16.9. The van der Waals surface area contributed by atoms with Gasteiger partial charge in [0.15, 0.2) is 0 Å². The molecule has 0 spiro atoms. The maximum absolute atomic E-state index is 3.91. The van der Waals surface area contributed by atoms with Crippen molar-refractivity contribution in [2.45, 2.75) is 117 Å². The molecular formula is C24H44. The summed E-state index contributed by atoms with van der Waals surface area (Å²) in [6.45, 7) is 12.6. The number of rotatable bonds is 16. The Morgan fingerprint density at radius 2 is 1.04 bits per heavy atom. The van der Waals surface area contributed by atoms with E-state index in [1.165, 1.54) is 83.5 Å². The molecule has 0 aliphatic rings. The maximum Gasteiger partial charge on any atom is 0.00890 e. The molecule has 0 aliphatic carbocycles. The molecular weight excluding hydrogens is 288 g/mol. The van der Waals surface area contributed by atoms with Gasteiger partial charge in [-0.05, 0) is 25.2 Å². The number of hydrogen-bond donors (Lipinski definition) is 0. The summed E-state index contributed by atoms with van der Waals surface area (Å²) >= 11 is 0. The molecule has 0 heterocycles. The molecule has 0 amide bonds. The SMILES string of the molecule is [CH2]CC#CCCCCCCCCC(C)C(C)CCCCCCC[CH2]. The van der Waals surface area contributed by atoms with E-state index in [0.29, 0.717) is 0 Å². The van der Waals surface area contributed by atoms with E-state index in [0.717, 1.165) is 31.1 Å². The van der Waals surface area contributed by atoms with Crippen LogP contribution in [0.15, 0.2) is 0 Å². The van der Waals surface area contributed by atoms with Crippen LogP contribution < -0.4 is 0 Å². The summed E-state index contributed by atoms with van der Waals surface area (Å²) in [5, 5.41) is 0. The maximum atomic E-state index is 3.91. The van der Waals surface area contributed by atoms with Crippen LogP contribution in [0.2, 0.25) is 0 Å². The van der Waals surface area contributed by atoms with Crippen LogP contribution >= 0.6 is 0 Å². The highest BCUT2D eigenvalue weighted by Gasteiger charge is 2.11. The standard InChI is InChI=1S/C24H44/c1-5-7-9-11-13-14-15-16-18-20-22-24(4)23(3)21-19-17-12-10-8-6-2/h23-24H,1-2,5-6,8,10-22H2,3-4H3. The van der Waals surface area contributed by atoms with Gasteiger partial charge in [0.05, 0.1) is 0 Å². The zero-order valence-electron chi connectivity index (χ0n) is 16.9. The van der Waals surface area contributed by atoms with Crippen LogP contribution in [0, 0.1) is 37.5 Å². The Labute approximate surface area is 154 Å². The Morgan fingerprint density at radius 3 is 1.54 bits per heavy atom. The van der Waals surface area contributed by atoms with E-state index in [1.54, 1.807) is 0 Å². The van der Waals surface area contributed by atoms with Crippen LogP contribution in [0.5, 0.6) is 0 Å². The van der Waals surface area contributed by atoms with Crippen molar-refractivity contribution < 1.29 is 0 Å². The van der Waals surface area contributed by atoms with Crippen molar-refractivity contribution in [1.29, 1.82) is 0 Å². The second-order valence-corrected chi connectivity index (χ2v) is 7.63. The van der Waals surface area contributed by atoms with Gasteiger partial charge in [-0.2, -0.15) is 0 Å². The number of hydrogen-bond acceptors (Lipinski definition) is 0. The largest absolute Gasteiger partial charge is 0.103 e. The van der Waals surface area contributed by atoms with E-state index in [2.05, 4.69) is 39.5 Å². The molecule has 2 radical (unpaired) electrons. The molecule has 0 nitrogen and oxygen atoms in total. The lowest BCUT2D eigenvalue weighted by atomic mass is 9.86. The molecule has 0 aromatic rings. The van der Waals surface area contributed by atoms with Gasteiger partial charge in [0.25, 0.3) is 0 Å². The van der Waals surface area contributed by atoms with Crippen molar-refractivity contribution in [3.8, 4) is 11.8 Å². The first-order chi connectivity index (χ1) is 11.7. The van der Waals surface area contributed by atoms with Gasteiger partial charge in [-0.3, -0.25) is 0 Å². The molecule has 0 saturated carbocycles. The molecule has 0 heteroatoms. The minimum Gasteiger partial charge on any atom is -0.103 e. The van der Waals surface area contributed by atoms with E-state index in [4.69, 9.17) is 0 Å². The summed E-state index contributed by atoms with van der Waals surface area (Å²) in [6.07, 6.45) is 21.0. The molecule has 0 bridgehead atoms. The predicted octanol–water partition coefficient (Wildman–Crippen LogP) is 8.17. The lowest BCUT2D eigenvalue weighted by Crippen LogP contribution is -2.08. The molecule has 24 heavy (non-hydrogen) atoms. The highest BCUT2D eigenvalue weighted by molar-refractivity contribution is 4.98. The van der Waals surface area contributed by atoms with Crippen molar-refractivity contribution in [3.63, 3.8) is 0 Å². The third-order valence-corrected chi connectivity index (χ3v) is 5.34. The van der Waals surface area contributed by atoms with Crippen molar-refractivity contribution in [2.24, 2.45) is 11.8 Å². The van der Waals surface area contributed by atoms with E-state index in [9.17, 15) is 0 Å². The average molecular weight is 333 g/mol. The molecule has 0 aromatic heterocycles. The average Bonchev–Trinajstić information content (AvgIpc) is 2.59. The lowest BCUT2D eigenvalue weighted by Gasteiger charge is -2.19. The van der Waals surface area contributed by atoms with E-state index in [1.807, 2.05) is 0 Å². The van der Waals surface area contributed by atoms with Gasteiger partial charge in [-0.25, -0.2) is 0 Å². The Bertz CT molecular complexity index is 293. The highest BCUT2D eigenvalue weighted by Crippen LogP contribution is 2.24. The number of unbranched alkanes of at least 4 members (excludes halogenated alkanes) is 11. The van der Waals surface area contributed by atoms with E-state index >= 15 is 0 Å². The van der Waals surface area contributed by atoms with Gasteiger partial charge >= 0.3 is 0 Å². The molecule has 0 aliphatic heterocycles. The summed E-state index contributed by atoms with van der Waals surface area (Å²) in [6, 6.07) is 0. The lowest BCUT2D eigenvalue weighted by molar-refractivity contribution is 0.322.